The van der Waals surface area contributed by atoms with Crippen molar-refractivity contribution >= 4 is 48.1 Å². The Hall–Kier alpha value is -2.24. The molecule has 9 nitrogen and oxygen atoms in total. The van der Waals surface area contributed by atoms with E-state index in [0.29, 0.717) is 12.2 Å². The van der Waals surface area contributed by atoms with Crippen LogP contribution in [-0.4, -0.2) is 70.7 Å². The lowest BCUT2D eigenvalue weighted by Crippen LogP contribution is -2.57. The van der Waals surface area contributed by atoms with Gasteiger partial charge >= 0.3 is 5.97 Å². The van der Waals surface area contributed by atoms with Gasteiger partial charge in [-0.15, -0.1) is 0 Å². The molecule has 1 aromatic rings. The SMILES string of the molecule is CSCCC(N)C(=O)NC(C)C(=O)NC(Cc1ccccc1)C(=O)NC(CS)C(=O)O. The maximum Gasteiger partial charge on any atom is 0.327 e. The minimum Gasteiger partial charge on any atom is -0.480 e. The smallest absolute Gasteiger partial charge is 0.327 e. The van der Waals surface area contributed by atoms with E-state index in [1.165, 1.54) is 6.92 Å². The molecule has 0 saturated heterocycles. The lowest BCUT2D eigenvalue weighted by molar-refractivity contribution is -0.141. The molecule has 11 heteroatoms. The number of carbonyl (C=O) groups is 4. The topological polar surface area (TPSA) is 151 Å². The van der Waals surface area contributed by atoms with E-state index in [1.54, 1.807) is 36.0 Å². The molecule has 172 valence electrons. The van der Waals surface area contributed by atoms with Gasteiger partial charge in [-0.25, -0.2) is 4.79 Å². The third-order valence-corrected chi connectivity index (χ3v) is 5.44. The summed E-state index contributed by atoms with van der Waals surface area (Å²) >= 11 is 5.50. The van der Waals surface area contributed by atoms with Crippen LogP contribution in [0.15, 0.2) is 30.3 Å². The molecule has 4 atom stereocenters. The Labute approximate surface area is 191 Å². The molecule has 0 bridgehead atoms. The van der Waals surface area contributed by atoms with E-state index >= 15 is 0 Å². The molecule has 0 aliphatic carbocycles. The number of hydrogen-bond acceptors (Lipinski definition) is 7. The Bertz CT molecular complexity index is 750. The van der Waals surface area contributed by atoms with Gasteiger partial charge in [0.2, 0.25) is 17.7 Å². The van der Waals surface area contributed by atoms with Crippen LogP contribution in [0.4, 0.5) is 0 Å². The molecular weight excluding hydrogens is 440 g/mol. The molecule has 3 amide bonds. The first kappa shape index (κ1) is 26.8. The molecule has 0 aliphatic rings. The number of carbonyl (C=O) groups excluding carboxylic acids is 3. The van der Waals surface area contributed by atoms with Crippen LogP contribution >= 0.6 is 24.4 Å². The van der Waals surface area contributed by atoms with Gasteiger partial charge in [-0.05, 0) is 30.9 Å². The van der Waals surface area contributed by atoms with E-state index in [2.05, 4.69) is 28.6 Å². The number of aliphatic carboxylic acids is 1. The summed E-state index contributed by atoms with van der Waals surface area (Å²) in [5.41, 5.74) is 6.59. The molecule has 1 aromatic carbocycles. The van der Waals surface area contributed by atoms with Gasteiger partial charge in [0.25, 0.3) is 0 Å². The predicted octanol–water partition coefficient (Wildman–Crippen LogP) is -0.202. The van der Waals surface area contributed by atoms with Crippen molar-refractivity contribution in [3.05, 3.63) is 35.9 Å². The summed E-state index contributed by atoms with van der Waals surface area (Å²) in [6, 6.07) is 5.06. The fourth-order valence-corrected chi connectivity index (χ4v) is 3.31. The highest BCUT2D eigenvalue weighted by molar-refractivity contribution is 7.98. The Morgan fingerprint density at radius 2 is 1.65 bits per heavy atom. The molecule has 0 heterocycles. The fraction of sp³-hybridized carbons (Fsp3) is 0.500. The average molecular weight is 471 g/mol. The highest BCUT2D eigenvalue weighted by Crippen LogP contribution is 2.05. The zero-order valence-corrected chi connectivity index (χ0v) is 19.2. The minimum absolute atomic E-state index is 0.104. The number of rotatable bonds is 13. The van der Waals surface area contributed by atoms with Gasteiger partial charge in [-0.2, -0.15) is 24.4 Å². The maximum atomic E-state index is 12.7. The van der Waals surface area contributed by atoms with Gasteiger partial charge in [0.15, 0.2) is 0 Å². The van der Waals surface area contributed by atoms with Crippen molar-refractivity contribution in [2.45, 2.75) is 43.9 Å². The van der Waals surface area contributed by atoms with Gasteiger partial charge in [-0.1, -0.05) is 30.3 Å². The normalized spacial score (nSPS) is 14.6. The maximum absolute atomic E-state index is 12.7. The lowest BCUT2D eigenvalue weighted by Gasteiger charge is -2.23. The van der Waals surface area contributed by atoms with Gasteiger partial charge < -0.3 is 26.8 Å². The third kappa shape index (κ3) is 9.62. The number of carboxylic acid groups (broad SMARTS) is 1. The molecule has 0 spiro atoms. The molecular formula is C20H30N4O5S2. The van der Waals surface area contributed by atoms with Crippen molar-refractivity contribution in [2.24, 2.45) is 5.73 Å². The third-order valence-electron chi connectivity index (χ3n) is 4.43. The van der Waals surface area contributed by atoms with Crippen LogP contribution in [0.25, 0.3) is 0 Å². The van der Waals surface area contributed by atoms with Crippen LogP contribution in [0.2, 0.25) is 0 Å². The van der Waals surface area contributed by atoms with E-state index in [-0.39, 0.29) is 12.2 Å². The second-order valence-corrected chi connectivity index (χ2v) is 8.30. The Kier molecular flexibility index (Phi) is 12.1. The number of nitrogens with two attached hydrogens (primary N) is 1. The van der Waals surface area contributed by atoms with Gasteiger partial charge in [0, 0.05) is 12.2 Å². The summed E-state index contributed by atoms with van der Waals surface area (Å²) in [6.45, 7) is 1.49. The molecule has 0 fully saturated rings. The number of hydrogen-bond donors (Lipinski definition) is 6. The number of thioether (sulfide) groups is 1. The fourth-order valence-electron chi connectivity index (χ4n) is 2.58. The molecule has 0 radical (unpaired) electrons. The van der Waals surface area contributed by atoms with E-state index in [1.807, 2.05) is 12.3 Å². The lowest BCUT2D eigenvalue weighted by atomic mass is 10.0. The Morgan fingerprint density at radius 3 is 2.19 bits per heavy atom. The van der Waals surface area contributed by atoms with E-state index in [9.17, 15) is 19.2 Å². The van der Waals surface area contributed by atoms with Crippen LogP contribution in [0.1, 0.15) is 18.9 Å². The van der Waals surface area contributed by atoms with Crippen LogP contribution < -0.4 is 21.7 Å². The van der Waals surface area contributed by atoms with Crippen LogP contribution in [0, 0.1) is 0 Å². The first-order valence-corrected chi connectivity index (χ1v) is 11.7. The van der Waals surface area contributed by atoms with Crippen molar-refractivity contribution in [3.8, 4) is 0 Å². The summed E-state index contributed by atoms with van der Waals surface area (Å²) in [7, 11) is 0. The second kappa shape index (κ2) is 13.9. The molecule has 6 N–H and O–H groups in total. The minimum atomic E-state index is -1.23. The average Bonchev–Trinajstić information content (AvgIpc) is 2.75. The summed E-state index contributed by atoms with van der Waals surface area (Å²) < 4.78 is 0. The van der Waals surface area contributed by atoms with Crippen LogP contribution in [-0.2, 0) is 25.6 Å². The van der Waals surface area contributed by atoms with Crippen molar-refractivity contribution in [3.63, 3.8) is 0 Å². The van der Waals surface area contributed by atoms with Gasteiger partial charge in [0.1, 0.15) is 18.1 Å². The molecule has 31 heavy (non-hydrogen) atoms. The number of thiol groups is 1. The summed E-state index contributed by atoms with van der Waals surface area (Å²) in [5, 5.41) is 16.7. The first-order valence-electron chi connectivity index (χ1n) is 9.72. The second-order valence-electron chi connectivity index (χ2n) is 6.95. The van der Waals surface area contributed by atoms with E-state index in [4.69, 9.17) is 10.8 Å². The molecule has 4 unspecified atom stereocenters. The quantitative estimate of drug-likeness (QED) is 0.219. The Balaban J connectivity index is 2.85. The van der Waals surface area contributed by atoms with Crippen molar-refractivity contribution in [2.75, 3.05) is 17.8 Å². The van der Waals surface area contributed by atoms with Gasteiger partial charge in [-0.3, -0.25) is 14.4 Å². The zero-order chi connectivity index (χ0) is 23.4. The zero-order valence-electron chi connectivity index (χ0n) is 17.5. The summed E-state index contributed by atoms with van der Waals surface area (Å²) in [5.74, 6) is -2.32. The molecule has 1 rings (SSSR count). The van der Waals surface area contributed by atoms with Crippen LogP contribution in [0.3, 0.4) is 0 Å². The number of benzene rings is 1. The highest BCUT2D eigenvalue weighted by atomic mass is 32.2. The van der Waals surface area contributed by atoms with Crippen molar-refractivity contribution in [1.82, 2.24) is 16.0 Å². The number of nitrogens with one attached hydrogen (secondary N) is 3. The van der Waals surface area contributed by atoms with E-state index < -0.39 is 47.9 Å². The first-order chi connectivity index (χ1) is 14.7. The van der Waals surface area contributed by atoms with Gasteiger partial charge in [0.05, 0.1) is 6.04 Å². The summed E-state index contributed by atoms with van der Waals surface area (Å²) in [6.07, 6.45) is 2.52. The Morgan fingerprint density at radius 1 is 1.03 bits per heavy atom. The molecule has 0 aromatic heterocycles. The number of amides is 3. The van der Waals surface area contributed by atoms with Crippen molar-refractivity contribution < 1.29 is 24.3 Å². The van der Waals surface area contributed by atoms with Crippen LogP contribution in [0.5, 0.6) is 0 Å². The molecule has 0 aliphatic heterocycles. The standard InChI is InChI=1S/C20H30N4O5S2/c1-12(22-18(26)14(21)8-9-31-2)17(25)23-15(10-13-6-4-3-5-7-13)19(27)24-16(11-30)20(28)29/h3-7,12,14-16,30H,8-11,21H2,1-2H3,(H,22,26)(H,23,25)(H,24,27)(H,28,29). The molecule has 0 saturated carbocycles. The monoisotopic (exact) mass is 470 g/mol. The highest BCUT2D eigenvalue weighted by Gasteiger charge is 2.28. The van der Waals surface area contributed by atoms with E-state index in [0.717, 1.165) is 5.56 Å². The predicted molar refractivity (Wildman–Crippen MR) is 124 cm³/mol. The number of carboxylic acids is 1. The van der Waals surface area contributed by atoms with Crippen molar-refractivity contribution in [1.29, 1.82) is 0 Å². The summed E-state index contributed by atoms with van der Waals surface area (Å²) in [4.78, 5) is 48.7. The largest absolute Gasteiger partial charge is 0.480 e.